The summed E-state index contributed by atoms with van der Waals surface area (Å²) in [6.07, 6.45) is 6.36. The smallest absolute Gasteiger partial charge is 0.241 e. The lowest BCUT2D eigenvalue weighted by Gasteiger charge is -2.28. The van der Waals surface area contributed by atoms with Crippen molar-refractivity contribution in [1.29, 1.82) is 0 Å². The molecule has 1 atom stereocenters. The van der Waals surface area contributed by atoms with Gasteiger partial charge in [0, 0.05) is 5.69 Å². The maximum absolute atomic E-state index is 12.8. The summed E-state index contributed by atoms with van der Waals surface area (Å²) in [5.41, 5.74) is 2.09. The number of aryl methyl sites for hydroxylation is 1. The molecule has 2 rings (SSSR count). The Kier molecular flexibility index (Phi) is 9.91. The molecule has 0 bridgehead atoms. The van der Waals surface area contributed by atoms with Crippen molar-refractivity contribution >= 4 is 24.0 Å². The molecule has 25 heavy (non-hydrogen) atoms. The van der Waals surface area contributed by atoms with Gasteiger partial charge < -0.3 is 10.1 Å². The number of carbonyl (C=O) groups is 1. The Hall–Kier alpha value is -1.26. The number of carbonyl (C=O) groups excluding carboxylic acids is 1. The fraction of sp³-hybridized carbons (Fsp3) is 0.650. The topological polar surface area (TPSA) is 41.6 Å². The lowest BCUT2D eigenvalue weighted by atomic mass is 10.1. The molecule has 0 radical (unpaired) electrons. The summed E-state index contributed by atoms with van der Waals surface area (Å²) in [4.78, 5) is 15.1. The van der Waals surface area contributed by atoms with Crippen LogP contribution in [0.5, 0.6) is 5.75 Å². The van der Waals surface area contributed by atoms with Crippen LogP contribution in [0.25, 0.3) is 0 Å². The molecule has 1 heterocycles. The minimum Gasteiger partial charge on any atom is -0.493 e. The third kappa shape index (κ3) is 6.19. The highest BCUT2D eigenvalue weighted by Gasteiger charge is 2.23. The van der Waals surface area contributed by atoms with Gasteiger partial charge in [-0.05, 0) is 62.5 Å². The summed E-state index contributed by atoms with van der Waals surface area (Å²) in [5.74, 6) is 1.08. The van der Waals surface area contributed by atoms with E-state index in [2.05, 4.69) is 37.1 Å². The van der Waals surface area contributed by atoms with E-state index in [1.54, 1.807) is 0 Å². The zero-order valence-corrected chi connectivity index (χ0v) is 16.7. The van der Waals surface area contributed by atoms with Crippen molar-refractivity contribution in [3.05, 3.63) is 23.8 Å². The van der Waals surface area contributed by atoms with E-state index >= 15 is 0 Å². The van der Waals surface area contributed by atoms with E-state index in [1.165, 1.54) is 5.56 Å². The Morgan fingerprint density at radius 2 is 2.00 bits per heavy atom. The Morgan fingerprint density at radius 3 is 2.68 bits per heavy atom. The first-order valence-electron chi connectivity index (χ1n) is 9.50. The number of fused-ring (bicyclic) bond motifs is 1. The molecule has 0 fully saturated rings. The Labute approximate surface area is 158 Å². The molecule has 0 saturated heterocycles. The highest BCUT2D eigenvalue weighted by Crippen LogP contribution is 2.27. The SMILES string of the molecule is CCCCC(C(=O)Nc1ccc2c(c1)CCCCO2)N(CC)CC.Cl. The summed E-state index contributed by atoms with van der Waals surface area (Å²) in [5, 5.41) is 3.13. The largest absolute Gasteiger partial charge is 0.493 e. The zero-order valence-electron chi connectivity index (χ0n) is 15.8. The van der Waals surface area contributed by atoms with Crippen LogP contribution in [-0.4, -0.2) is 36.5 Å². The number of hydrogen-bond donors (Lipinski definition) is 1. The molecule has 0 spiro atoms. The van der Waals surface area contributed by atoms with Crippen LogP contribution in [0, 0.1) is 0 Å². The van der Waals surface area contributed by atoms with Crippen LogP contribution in [0.3, 0.4) is 0 Å². The van der Waals surface area contributed by atoms with E-state index in [1.807, 2.05) is 12.1 Å². The van der Waals surface area contributed by atoms with Crippen molar-refractivity contribution in [2.75, 3.05) is 25.0 Å². The van der Waals surface area contributed by atoms with Gasteiger partial charge in [-0.25, -0.2) is 0 Å². The van der Waals surface area contributed by atoms with E-state index in [9.17, 15) is 4.79 Å². The number of anilines is 1. The average molecular weight is 369 g/mol. The summed E-state index contributed by atoms with van der Waals surface area (Å²) < 4.78 is 5.76. The van der Waals surface area contributed by atoms with Gasteiger partial charge in [0.25, 0.3) is 0 Å². The third-order valence-electron chi connectivity index (χ3n) is 4.81. The van der Waals surface area contributed by atoms with Crippen molar-refractivity contribution in [3.63, 3.8) is 0 Å². The second-order valence-electron chi connectivity index (χ2n) is 6.50. The molecule has 5 heteroatoms. The van der Waals surface area contributed by atoms with Crippen LogP contribution >= 0.6 is 12.4 Å². The standard InChI is InChI=1S/C20H32N2O2.ClH/c1-4-7-11-18(22(5-2)6-3)20(23)21-17-12-13-19-16(15-17)10-8-9-14-24-19;/h12-13,15,18H,4-11,14H2,1-3H3,(H,21,23);1H. The Morgan fingerprint density at radius 1 is 1.24 bits per heavy atom. The highest BCUT2D eigenvalue weighted by molar-refractivity contribution is 5.95. The molecule has 1 aromatic carbocycles. The number of halogens is 1. The second-order valence-corrected chi connectivity index (χ2v) is 6.50. The van der Waals surface area contributed by atoms with Crippen molar-refractivity contribution in [1.82, 2.24) is 4.90 Å². The van der Waals surface area contributed by atoms with E-state index in [0.29, 0.717) is 0 Å². The molecule has 1 aromatic rings. The number of likely N-dealkylation sites (N-methyl/N-ethyl adjacent to an activating group) is 1. The van der Waals surface area contributed by atoms with Crippen LogP contribution < -0.4 is 10.1 Å². The fourth-order valence-electron chi connectivity index (χ4n) is 3.36. The lowest BCUT2D eigenvalue weighted by molar-refractivity contribution is -0.121. The van der Waals surface area contributed by atoms with Crippen LogP contribution in [0.1, 0.15) is 58.4 Å². The van der Waals surface area contributed by atoms with Gasteiger partial charge in [0.2, 0.25) is 5.91 Å². The second kappa shape index (κ2) is 11.4. The number of nitrogens with zero attached hydrogens (tertiary/aromatic N) is 1. The van der Waals surface area contributed by atoms with Crippen molar-refractivity contribution in [2.45, 2.75) is 65.3 Å². The Balaban J connectivity index is 0.00000312. The zero-order chi connectivity index (χ0) is 17.4. The van der Waals surface area contributed by atoms with Gasteiger partial charge in [-0.15, -0.1) is 12.4 Å². The number of rotatable bonds is 8. The summed E-state index contributed by atoms with van der Waals surface area (Å²) in [6, 6.07) is 5.99. The highest BCUT2D eigenvalue weighted by atomic mass is 35.5. The number of hydrogen-bond acceptors (Lipinski definition) is 3. The summed E-state index contributed by atoms with van der Waals surface area (Å²) in [6.45, 7) is 9.00. The third-order valence-corrected chi connectivity index (χ3v) is 4.81. The minimum absolute atomic E-state index is 0. The first-order chi connectivity index (χ1) is 11.7. The van der Waals surface area contributed by atoms with Crippen LogP contribution in [0.4, 0.5) is 5.69 Å². The first-order valence-corrected chi connectivity index (χ1v) is 9.50. The summed E-state index contributed by atoms with van der Waals surface area (Å²) >= 11 is 0. The monoisotopic (exact) mass is 368 g/mol. The molecule has 0 saturated carbocycles. The number of ether oxygens (including phenoxy) is 1. The quantitative estimate of drug-likeness (QED) is 0.725. The maximum atomic E-state index is 12.8. The van der Waals surface area contributed by atoms with E-state index in [0.717, 1.165) is 69.7 Å². The van der Waals surface area contributed by atoms with E-state index in [4.69, 9.17) is 4.74 Å². The average Bonchev–Trinajstić information content (AvgIpc) is 2.83. The van der Waals surface area contributed by atoms with E-state index < -0.39 is 0 Å². The van der Waals surface area contributed by atoms with Crippen LogP contribution in [-0.2, 0) is 11.2 Å². The van der Waals surface area contributed by atoms with Gasteiger partial charge in [-0.2, -0.15) is 0 Å². The maximum Gasteiger partial charge on any atom is 0.241 e. The molecule has 1 amide bonds. The van der Waals surface area contributed by atoms with Gasteiger partial charge in [-0.1, -0.05) is 33.6 Å². The minimum atomic E-state index is -0.0463. The normalized spacial score (nSPS) is 14.7. The molecule has 0 aliphatic carbocycles. The molecule has 0 aromatic heterocycles. The summed E-state index contributed by atoms with van der Waals surface area (Å²) in [7, 11) is 0. The van der Waals surface area contributed by atoms with Crippen molar-refractivity contribution in [3.8, 4) is 5.75 Å². The molecular weight excluding hydrogens is 336 g/mol. The first kappa shape index (κ1) is 21.8. The van der Waals surface area contributed by atoms with Crippen LogP contribution in [0.15, 0.2) is 18.2 Å². The predicted octanol–water partition coefficient (Wildman–Crippen LogP) is 4.66. The molecule has 1 N–H and O–H groups in total. The number of nitrogens with one attached hydrogen (secondary N) is 1. The van der Waals surface area contributed by atoms with Gasteiger partial charge >= 0.3 is 0 Å². The molecular formula is C20H33ClN2O2. The van der Waals surface area contributed by atoms with Crippen LogP contribution in [0.2, 0.25) is 0 Å². The van der Waals surface area contributed by atoms with Gasteiger partial charge in [0.1, 0.15) is 5.75 Å². The van der Waals surface area contributed by atoms with Gasteiger partial charge in [-0.3, -0.25) is 9.69 Å². The molecule has 142 valence electrons. The van der Waals surface area contributed by atoms with Crippen molar-refractivity contribution < 1.29 is 9.53 Å². The molecule has 1 aliphatic heterocycles. The van der Waals surface area contributed by atoms with Crippen molar-refractivity contribution in [2.24, 2.45) is 0 Å². The lowest BCUT2D eigenvalue weighted by Crippen LogP contribution is -2.44. The van der Waals surface area contributed by atoms with Gasteiger partial charge in [0.15, 0.2) is 0 Å². The number of unbranched alkanes of at least 4 members (excludes halogenated alkanes) is 1. The Bertz CT molecular complexity index is 532. The number of benzene rings is 1. The number of amides is 1. The molecule has 4 nitrogen and oxygen atoms in total. The fourth-order valence-corrected chi connectivity index (χ4v) is 3.36. The predicted molar refractivity (Wildman–Crippen MR) is 107 cm³/mol. The molecule has 1 unspecified atom stereocenters. The van der Waals surface area contributed by atoms with Gasteiger partial charge in [0.05, 0.1) is 12.6 Å². The van der Waals surface area contributed by atoms with E-state index in [-0.39, 0.29) is 24.4 Å². The molecule has 1 aliphatic rings.